The van der Waals surface area contributed by atoms with Crippen LogP contribution in [0.1, 0.15) is 37.8 Å². The molecule has 3 rings (SSSR count). The summed E-state index contributed by atoms with van der Waals surface area (Å²) in [6, 6.07) is 9.88. The first-order valence-electron chi connectivity index (χ1n) is 9.86. The number of benzene rings is 1. The minimum atomic E-state index is 0.541. The minimum absolute atomic E-state index is 0.541. The molecule has 0 fully saturated rings. The Hall–Kier alpha value is -2.57. The second kappa shape index (κ2) is 9.94. The van der Waals surface area contributed by atoms with Crippen molar-refractivity contribution in [2.75, 3.05) is 26.7 Å². The fourth-order valence-electron chi connectivity index (χ4n) is 3.20. The summed E-state index contributed by atoms with van der Waals surface area (Å²) in [6.45, 7) is 5.79. The molecule has 1 aromatic carbocycles. The molecule has 2 heterocycles. The smallest absolute Gasteiger partial charge is 0.194 e. The van der Waals surface area contributed by atoms with Crippen LogP contribution in [0.3, 0.4) is 0 Å². The van der Waals surface area contributed by atoms with Gasteiger partial charge in [0.2, 0.25) is 0 Å². The summed E-state index contributed by atoms with van der Waals surface area (Å²) in [7, 11) is 2.03. The lowest BCUT2D eigenvalue weighted by molar-refractivity contribution is 0.281. The van der Waals surface area contributed by atoms with Gasteiger partial charge in [0.15, 0.2) is 11.8 Å². The van der Waals surface area contributed by atoms with Crippen LogP contribution in [0, 0.1) is 0 Å². The van der Waals surface area contributed by atoms with E-state index in [0.29, 0.717) is 13.2 Å². The van der Waals surface area contributed by atoms with E-state index in [2.05, 4.69) is 31.9 Å². The number of likely N-dealkylation sites (N-methyl/N-ethyl adjacent to an activating group) is 1. The van der Waals surface area contributed by atoms with Crippen LogP contribution in [0.15, 0.2) is 35.3 Å². The molecule has 27 heavy (non-hydrogen) atoms. The van der Waals surface area contributed by atoms with Crippen molar-refractivity contribution >= 4 is 5.96 Å². The zero-order valence-electron chi connectivity index (χ0n) is 16.4. The quantitative estimate of drug-likeness (QED) is 0.599. The van der Waals surface area contributed by atoms with Gasteiger partial charge in [0.25, 0.3) is 0 Å². The van der Waals surface area contributed by atoms with Crippen molar-refractivity contribution in [1.29, 1.82) is 0 Å². The van der Waals surface area contributed by atoms with E-state index in [1.807, 2.05) is 37.4 Å². The Kier molecular flexibility index (Phi) is 7.07. The highest BCUT2D eigenvalue weighted by atomic mass is 16.5. The maximum atomic E-state index is 5.79. The molecule has 0 saturated carbocycles. The Morgan fingerprint density at radius 1 is 1.22 bits per heavy atom. The van der Waals surface area contributed by atoms with Gasteiger partial charge < -0.3 is 19.5 Å². The third kappa shape index (κ3) is 5.45. The van der Waals surface area contributed by atoms with Crippen molar-refractivity contribution < 1.29 is 4.74 Å². The van der Waals surface area contributed by atoms with E-state index in [1.54, 1.807) is 0 Å². The average molecular weight is 371 g/mol. The van der Waals surface area contributed by atoms with Crippen molar-refractivity contribution in [3.63, 3.8) is 0 Å². The SMILES string of the molecule is CCNC(=NCc1nnc2n1CCCCC2)N(C)CCOc1ccccc1. The lowest BCUT2D eigenvalue weighted by Gasteiger charge is -2.22. The maximum absolute atomic E-state index is 5.79. The van der Waals surface area contributed by atoms with Crippen molar-refractivity contribution in [3.8, 4) is 5.75 Å². The van der Waals surface area contributed by atoms with E-state index in [-0.39, 0.29) is 0 Å². The summed E-state index contributed by atoms with van der Waals surface area (Å²) in [5, 5.41) is 12.1. The van der Waals surface area contributed by atoms with Crippen LogP contribution in [0.25, 0.3) is 0 Å². The lowest BCUT2D eigenvalue weighted by atomic mass is 10.2. The molecule has 0 radical (unpaired) electrons. The summed E-state index contributed by atoms with van der Waals surface area (Å²) >= 11 is 0. The van der Waals surface area contributed by atoms with E-state index >= 15 is 0 Å². The monoisotopic (exact) mass is 370 g/mol. The largest absolute Gasteiger partial charge is 0.492 e. The zero-order chi connectivity index (χ0) is 18.9. The number of nitrogens with one attached hydrogen (secondary N) is 1. The number of aliphatic imine (C=N–C) groups is 1. The van der Waals surface area contributed by atoms with E-state index < -0.39 is 0 Å². The summed E-state index contributed by atoms with van der Waals surface area (Å²) in [6.07, 6.45) is 4.68. The van der Waals surface area contributed by atoms with Gasteiger partial charge in [-0.3, -0.25) is 0 Å². The molecule has 0 saturated heterocycles. The molecule has 0 amide bonds. The van der Waals surface area contributed by atoms with Crippen LogP contribution in [0.5, 0.6) is 5.75 Å². The Balaban J connectivity index is 1.58. The molecular formula is C20H30N6O. The molecule has 7 nitrogen and oxygen atoms in total. The third-order valence-corrected chi connectivity index (χ3v) is 4.69. The topological polar surface area (TPSA) is 67.6 Å². The summed E-state index contributed by atoms with van der Waals surface area (Å²) in [5.41, 5.74) is 0. The first-order valence-corrected chi connectivity index (χ1v) is 9.86. The van der Waals surface area contributed by atoms with Gasteiger partial charge in [-0.15, -0.1) is 10.2 Å². The second-order valence-corrected chi connectivity index (χ2v) is 6.75. The van der Waals surface area contributed by atoms with E-state index in [4.69, 9.17) is 9.73 Å². The Morgan fingerprint density at radius 3 is 2.89 bits per heavy atom. The summed E-state index contributed by atoms with van der Waals surface area (Å²) < 4.78 is 8.04. The van der Waals surface area contributed by atoms with Crippen LogP contribution in [-0.2, 0) is 19.5 Å². The van der Waals surface area contributed by atoms with Crippen LogP contribution >= 0.6 is 0 Å². The molecule has 0 aliphatic carbocycles. The summed E-state index contributed by atoms with van der Waals surface area (Å²) in [4.78, 5) is 6.86. The summed E-state index contributed by atoms with van der Waals surface area (Å²) in [5.74, 6) is 3.81. The Labute approximate surface area is 161 Å². The van der Waals surface area contributed by atoms with Gasteiger partial charge in [-0.25, -0.2) is 4.99 Å². The molecule has 1 N–H and O–H groups in total. The van der Waals surface area contributed by atoms with Gasteiger partial charge in [0.1, 0.15) is 24.7 Å². The number of ether oxygens (including phenoxy) is 1. The zero-order valence-corrected chi connectivity index (χ0v) is 16.4. The first kappa shape index (κ1) is 19.2. The molecule has 7 heteroatoms. The Morgan fingerprint density at radius 2 is 2.07 bits per heavy atom. The molecule has 1 aromatic heterocycles. The number of hydrogen-bond acceptors (Lipinski definition) is 4. The normalized spacial score (nSPS) is 14.4. The van der Waals surface area contributed by atoms with Gasteiger partial charge in [-0.05, 0) is 31.9 Å². The number of aromatic nitrogens is 3. The van der Waals surface area contributed by atoms with Gasteiger partial charge in [-0.1, -0.05) is 24.6 Å². The predicted molar refractivity (Wildman–Crippen MR) is 107 cm³/mol. The fraction of sp³-hybridized carbons (Fsp3) is 0.550. The van der Waals surface area contributed by atoms with Crippen molar-refractivity contribution in [1.82, 2.24) is 25.0 Å². The van der Waals surface area contributed by atoms with Crippen molar-refractivity contribution in [2.45, 2.75) is 45.7 Å². The highest BCUT2D eigenvalue weighted by Crippen LogP contribution is 2.15. The molecule has 146 valence electrons. The molecule has 1 aliphatic heterocycles. The predicted octanol–water partition coefficient (Wildman–Crippen LogP) is 2.48. The van der Waals surface area contributed by atoms with E-state index in [1.165, 1.54) is 19.3 Å². The number of hydrogen-bond donors (Lipinski definition) is 1. The van der Waals surface area contributed by atoms with Crippen LogP contribution in [0.4, 0.5) is 0 Å². The number of aryl methyl sites for hydroxylation is 1. The molecule has 0 bridgehead atoms. The molecule has 0 atom stereocenters. The number of para-hydroxylation sites is 1. The minimum Gasteiger partial charge on any atom is -0.492 e. The Bertz CT molecular complexity index is 727. The molecule has 1 aliphatic rings. The highest BCUT2D eigenvalue weighted by Gasteiger charge is 2.15. The maximum Gasteiger partial charge on any atom is 0.194 e. The standard InChI is InChI=1S/C20H30N6O/c1-3-21-20(25(2)14-15-27-17-10-6-4-7-11-17)22-16-19-24-23-18-12-8-5-9-13-26(18)19/h4,6-7,10-11H,3,5,8-9,12-16H2,1-2H3,(H,21,22). The van der Waals surface area contributed by atoms with E-state index in [0.717, 1.165) is 49.4 Å². The van der Waals surface area contributed by atoms with Gasteiger partial charge in [0.05, 0.1) is 6.54 Å². The van der Waals surface area contributed by atoms with E-state index in [9.17, 15) is 0 Å². The van der Waals surface area contributed by atoms with Crippen LogP contribution in [0.2, 0.25) is 0 Å². The van der Waals surface area contributed by atoms with Crippen LogP contribution < -0.4 is 10.1 Å². The second-order valence-electron chi connectivity index (χ2n) is 6.75. The average Bonchev–Trinajstić information content (AvgIpc) is 2.92. The molecule has 0 unspecified atom stereocenters. The van der Waals surface area contributed by atoms with Gasteiger partial charge in [0, 0.05) is 26.6 Å². The fourth-order valence-corrected chi connectivity index (χ4v) is 3.20. The number of fused-ring (bicyclic) bond motifs is 1. The highest BCUT2D eigenvalue weighted by molar-refractivity contribution is 5.79. The van der Waals surface area contributed by atoms with Crippen LogP contribution in [-0.4, -0.2) is 52.4 Å². The van der Waals surface area contributed by atoms with Crippen molar-refractivity contribution in [3.05, 3.63) is 42.0 Å². The molecule has 2 aromatic rings. The molecule has 0 spiro atoms. The third-order valence-electron chi connectivity index (χ3n) is 4.69. The first-order chi connectivity index (χ1) is 13.3. The van der Waals surface area contributed by atoms with Crippen molar-refractivity contribution in [2.24, 2.45) is 4.99 Å². The number of nitrogens with zero attached hydrogens (tertiary/aromatic N) is 5. The molecular weight excluding hydrogens is 340 g/mol. The van der Waals surface area contributed by atoms with Gasteiger partial charge in [-0.2, -0.15) is 0 Å². The lowest BCUT2D eigenvalue weighted by Crippen LogP contribution is -2.41. The number of rotatable bonds is 7. The number of guanidine groups is 1. The van der Waals surface area contributed by atoms with Gasteiger partial charge >= 0.3 is 0 Å².